The van der Waals surface area contributed by atoms with Gasteiger partial charge >= 0.3 is 0 Å². The molecule has 0 aliphatic heterocycles. The molecule has 0 amide bonds. The van der Waals surface area contributed by atoms with Crippen LogP contribution in [0.2, 0.25) is 0 Å². The summed E-state index contributed by atoms with van der Waals surface area (Å²) in [5.41, 5.74) is 2.52. The average molecular weight is 376 g/mol. The second-order valence-electron chi connectivity index (χ2n) is 5.78. The predicted molar refractivity (Wildman–Crippen MR) is 110 cm³/mol. The van der Waals surface area contributed by atoms with Gasteiger partial charge in [0.2, 0.25) is 0 Å². The van der Waals surface area contributed by atoms with Gasteiger partial charge in [0.25, 0.3) is 0 Å². The van der Waals surface area contributed by atoms with E-state index in [4.69, 9.17) is 9.47 Å². The van der Waals surface area contributed by atoms with Crippen LogP contribution in [0.5, 0.6) is 11.5 Å². The molecule has 0 spiro atoms. The number of ether oxygens (including phenoxy) is 2. The number of rotatable bonds is 9. The van der Waals surface area contributed by atoms with Crippen molar-refractivity contribution in [3.63, 3.8) is 0 Å². The summed E-state index contributed by atoms with van der Waals surface area (Å²) in [7, 11) is 1.79. The summed E-state index contributed by atoms with van der Waals surface area (Å²) >= 11 is 1.76. The van der Waals surface area contributed by atoms with Crippen molar-refractivity contribution in [2.75, 3.05) is 26.8 Å². The van der Waals surface area contributed by atoms with Crippen molar-refractivity contribution in [3.8, 4) is 11.5 Å². The van der Waals surface area contributed by atoms with E-state index >= 15 is 0 Å². The number of hydrogen-bond acceptors (Lipinski definition) is 4. The SMILES string of the molecule is CCOc1ccc(CCNC(=NC)NCc2sccc2C)cc1OCC. The molecule has 0 saturated heterocycles. The summed E-state index contributed by atoms with van der Waals surface area (Å²) in [6.07, 6.45) is 0.880. The average Bonchev–Trinajstić information content (AvgIpc) is 3.05. The summed E-state index contributed by atoms with van der Waals surface area (Å²) in [6.45, 7) is 8.93. The van der Waals surface area contributed by atoms with Crippen LogP contribution >= 0.6 is 11.3 Å². The Morgan fingerprint density at radius 1 is 1.08 bits per heavy atom. The zero-order chi connectivity index (χ0) is 18.8. The minimum absolute atomic E-state index is 0.625. The predicted octanol–water partition coefficient (Wildman–Crippen LogP) is 3.76. The van der Waals surface area contributed by atoms with Gasteiger partial charge in [-0.25, -0.2) is 0 Å². The van der Waals surface area contributed by atoms with Crippen LogP contribution in [-0.2, 0) is 13.0 Å². The maximum atomic E-state index is 5.69. The highest BCUT2D eigenvalue weighted by Gasteiger charge is 2.07. The van der Waals surface area contributed by atoms with E-state index in [1.165, 1.54) is 16.0 Å². The van der Waals surface area contributed by atoms with Gasteiger partial charge in [0.15, 0.2) is 17.5 Å². The normalized spacial score (nSPS) is 11.3. The quantitative estimate of drug-likeness (QED) is 0.518. The third kappa shape index (κ3) is 5.95. The number of aliphatic imine (C=N–C) groups is 1. The summed E-state index contributed by atoms with van der Waals surface area (Å²) < 4.78 is 11.3. The molecular weight excluding hydrogens is 346 g/mol. The van der Waals surface area contributed by atoms with E-state index in [9.17, 15) is 0 Å². The van der Waals surface area contributed by atoms with Gasteiger partial charge < -0.3 is 20.1 Å². The lowest BCUT2D eigenvalue weighted by atomic mass is 10.1. The third-order valence-corrected chi connectivity index (χ3v) is 4.95. The van der Waals surface area contributed by atoms with Gasteiger partial charge in [-0.15, -0.1) is 11.3 Å². The first kappa shape index (κ1) is 20.1. The number of thiophene rings is 1. The Hall–Kier alpha value is -2.21. The highest BCUT2D eigenvalue weighted by Crippen LogP contribution is 2.28. The maximum Gasteiger partial charge on any atom is 0.191 e. The van der Waals surface area contributed by atoms with E-state index < -0.39 is 0 Å². The molecule has 0 aliphatic rings. The monoisotopic (exact) mass is 375 g/mol. The molecule has 1 aromatic carbocycles. The molecule has 0 aliphatic carbocycles. The molecule has 2 aromatic rings. The number of hydrogen-bond donors (Lipinski definition) is 2. The zero-order valence-corrected chi connectivity index (χ0v) is 16.9. The van der Waals surface area contributed by atoms with Gasteiger partial charge in [-0.1, -0.05) is 6.07 Å². The molecule has 0 radical (unpaired) electrons. The van der Waals surface area contributed by atoms with Crippen LogP contribution in [-0.4, -0.2) is 32.8 Å². The lowest BCUT2D eigenvalue weighted by Gasteiger charge is -2.14. The van der Waals surface area contributed by atoms with Crippen molar-refractivity contribution in [1.29, 1.82) is 0 Å². The minimum atomic E-state index is 0.625. The Kier molecular flexibility index (Phi) is 8.28. The van der Waals surface area contributed by atoms with Crippen LogP contribution in [0, 0.1) is 6.92 Å². The second kappa shape index (κ2) is 10.7. The minimum Gasteiger partial charge on any atom is -0.490 e. The molecule has 26 heavy (non-hydrogen) atoms. The first-order chi connectivity index (χ1) is 12.7. The molecule has 5 nitrogen and oxygen atoms in total. The topological polar surface area (TPSA) is 54.9 Å². The molecule has 0 atom stereocenters. The zero-order valence-electron chi connectivity index (χ0n) is 16.1. The first-order valence-corrected chi connectivity index (χ1v) is 9.91. The standard InChI is InChI=1S/C20H29N3O2S/c1-5-24-17-8-7-16(13-18(17)25-6-2)9-11-22-20(21-4)23-14-19-15(3)10-12-26-19/h7-8,10,12-13H,5-6,9,11,14H2,1-4H3,(H2,21,22,23). The highest BCUT2D eigenvalue weighted by molar-refractivity contribution is 7.10. The summed E-state index contributed by atoms with van der Waals surface area (Å²) in [5.74, 6) is 2.42. The van der Waals surface area contributed by atoms with Crippen LogP contribution < -0.4 is 20.1 Å². The Morgan fingerprint density at radius 2 is 1.85 bits per heavy atom. The molecule has 0 bridgehead atoms. The van der Waals surface area contributed by atoms with Crippen molar-refractivity contribution in [3.05, 3.63) is 45.6 Å². The summed E-state index contributed by atoms with van der Waals surface area (Å²) in [4.78, 5) is 5.62. The Balaban J connectivity index is 1.85. The Labute approximate surface area is 160 Å². The third-order valence-electron chi connectivity index (χ3n) is 3.92. The smallest absolute Gasteiger partial charge is 0.191 e. The van der Waals surface area contributed by atoms with E-state index in [2.05, 4.69) is 46.1 Å². The van der Waals surface area contributed by atoms with E-state index in [0.717, 1.165) is 37.0 Å². The highest BCUT2D eigenvalue weighted by atomic mass is 32.1. The molecule has 0 fully saturated rings. The lowest BCUT2D eigenvalue weighted by Crippen LogP contribution is -2.37. The van der Waals surface area contributed by atoms with Crippen LogP contribution in [0.1, 0.15) is 29.9 Å². The molecular formula is C20H29N3O2S. The molecule has 142 valence electrons. The van der Waals surface area contributed by atoms with Crippen LogP contribution in [0.15, 0.2) is 34.6 Å². The molecule has 1 heterocycles. The summed E-state index contributed by atoms with van der Waals surface area (Å²) in [6, 6.07) is 8.26. The first-order valence-electron chi connectivity index (χ1n) is 9.03. The fourth-order valence-corrected chi connectivity index (χ4v) is 3.39. The molecule has 2 rings (SSSR count). The van der Waals surface area contributed by atoms with Crippen molar-refractivity contribution >= 4 is 17.3 Å². The van der Waals surface area contributed by atoms with Gasteiger partial charge in [0, 0.05) is 18.5 Å². The van der Waals surface area contributed by atoms with Crippen LogP contribution in [0.3, 0.4) is 0 Å². The molecule has 2 N–H and O–H groups in total. The van der Waals surface area contributed by atoms with Gasteiger partial charge in [-0.3, -0.25) is 4.99 Å². The van der Waals surface area contributed by atoms with Crippen LogP contribution in [0.4, 0.5) is 0 Å². The number of benzene rings is 1. The van der Waals surface area contributed by atoms with Gasteiger partial charge in [-0.2, -0.15) is 0 Å². The van der Waals surface area contributed by atoms with Crippen molar-refractivity contribution < 1.29 is 9.47 Å². The van der Waals surface area contributed by atoms with Crippen LogP contribution in [0.25, 0.3) is 0 Å². The maximum absolute atomic E-state index is 5.69. The largest absolute Gasteiger partial charge is 0.490 e. The van der Waals surface area contributed by atoms with E-state index in [-0.39, 0.29) is 0 Å². The molecule has 0 unspecified atom stereocenters. The number of nitrogens with zero attached hydrogens (tertiary/aromatic N) is 1. The lowest BCUT2D eigenvalue weighted by molar-refractivity contribution is 0.287. The Morgan fingerprint density at radius 3 is 2.50 bits per heavy atom. The van der Waals surface area contributed by atoms with Crippen molar-refractivity contribution in [1.82, 2.24) is 10.6 Å². The molecule has 0 saturated carbocycles. The molecule has 6 heteroatoms. The van der Waals surface area contributed by atoms with Gasteiger partial charge in [0.05, 0.1) is 19.8 Å². The Bertz CT molecular complexity index is 713. The van der Waals surface area contributed by atoms with E-state index in [1.54, 1.807) is 18.4 Å². The fourth-order valence-electron chi connectivity index (χ4n) is 2.55. The number of aryl methyl sites for hydroxylation is 1. The summed E-state index contributed by atoms with van der Waals surface area (Å²) in [5, 5.41) is 8.84. The number of nitrogens with one attached hydrogen (secondary N) is 2. The number of guanidine groups is 1. The van der Waals surface area contributed by atoms with Crippen molar-refractivity contribution in [2.24, 2.45) is 4.99 Å². The molecule has 1 aromatic heterocycles. The fraction of sp³-hybridized carbons (Fsp3) is 0.450. The van der Waals surface area contributed by atoms with Gasteiger partial charge in [-0.05, 0) is 61.9 Å². The van der Waals surface area contributed by atoms with E-state index in [0.29, 0.717) is 13.2 Å². The second-order valence-corrected chi connectivity index (χ2v) is 6.78. The van der Waals surface area contributed by atoms with Gasteiger partial charge in [0.1, 0.15) is 0 Å². The van der Waals surface area contributed by atoms with Crippen molar-refractivity contribution in [2.45, 2.75) is 33.7 Å². The van der Waals surface area contributed by atoms with E-state index in [1.807, 2.05) is 19.9 Å².